The van der Waals surface area contributed by atoms with Gasteiger partial charge in [0, 0.05) is 5.56 Å². The minimum atomic E-state index is 1.00. The molecule has 14 heavy (non-hydrogen) atoms. The Bertz CT molecular complexity index is 337. The number of allylic oxidation sites excluding steroid dienone is 1. The smallest absolute Gasteiger partial charge is 0.125 e. The summed E-state index contributed by atoms with van der Waals surface area (Å²) < 4.78 is 5.42. The molecule has 1 heteroatoms. The Morgan fingerprint density at radius 1 is 1.36 bits per heavy atom. The molecule has 0 aromatic heterocycles. The van der Waals surface area contributed by atoms with E-state index in [4.69, 9.17) is 4.74 Å². The zero-order valence-corrected chi connectivity index (χ0v) is 9.42. The lowest BCUT2D eigenvalue weighted by atomic mass is 10.0. The van der Waals surface area contributed by atoms with E-state index in [1.54, 1.807) is 7.11 Å². The Labute approximate surface area is 86.4 Å². The van der Waals surface area contributed by atoms with Crippen LogP contribution in [0.4, 0.5) is 0 Å². The Kier molecular flexibility index (Phi) is 3.75. The third kappa shape index (κ3) is 1.98. The number of hydrogen-bond acceptors (Lipinski definition) is 1. The first-order valence-electron chi connectivity index (χ1n) is 5.03. The fourth-order valence-electron chi connectivity index (χ4n) is 1.74. The summed E-state index contributed by atoms with van der Waals surface area (Å²) in [6.07, 6.45) is 5.19. The largest absolute Gasteiger partial charge is 0.496 e. The fraction of sp³-hybridized carbons (Fsp3) is 0.385. The average Bonchev–Trinajstić information content (AvgIpc) is 2.20. The van der Waals surface area contributed by atoms with Crippen molar-refractivity contribution in [3.8, 4) is 5.75 Å². The van der Waals surface area contributed by atoms with Crippen molar-refractivity contribution in [2.75, 3.05) is 7.11 Å². The molecule has 0 heterocycles. The van der Waals surface area contributed by atoms with Gasteiger partial charge in [-0.25, -0.2) is 0 Å². The first-order chi connectivity index (χ1) is 6.74. The highest BCUT2D eigenvalue weighted by Gasteiger charge is 2.07. The lowest BCUT2D eigenvalue weighted by Crippen LogP contribution is -1.96. The SMILES string of the molecule is C/C=C\c1ccc(C)c(OC)c1CC. The van der Waals surface area contributed by atoms with E-state index in [1.807, 2.05) is 6.92 Å². The van der Waals surface area contributed by atoms with Crippen LogP contribution < -0.4 is 4.74 Å². The minimum Gasteiger partial charge on any atom is -0.496 e. The number of aryl methyl sites for hydroxylation is 1. The second kappa shape index (κ2) is 4.85. The second-order valence-electron chi connectivity index (χ2n) is 3.34. The van der Waals surface area contributed by atoms with E-state index in [0.717, 1.165) is 12.2 Å². The van der Waals surface area contributed by atoms with Gasteiger partial charge in [-0.05, 0) is 31.4 Å². The maximum absolute atomic E-state index is 5.42. The summed E-state index contributed by atoms with van der Waals surface area (Å²) in [7, 11) is 1.74. The van der Waals surface area contributed by atoms with Crippen molar-refractivity contribution in [3.05, 3.63) is 34.9 Å². The molecule has 1 aromatic rings. The normalized spacial score (nSPS) is 10.9. The van der Waals surface area contributed by atoms with Gasteiger partial charge in [-0.1, -0.05) is 31.2 Å². The molecule has 0 atom stereocenters. The maximum Gasteiger partial charge on any atom is 0.125 e. The molecule has 1 nitrogen and oxygen atoms in total. The molecule has 0 aliphatic rings. The molecule has 0 fully saturated rings. The van der Waals surface area contributed by atoms with Crippen molar-refractivity contribution in [1.29, 1.82) is 0 Å². The highest BCUT2D eigenvalue weighted by molar-refractivity contribution is 5.59. The van der Waals surface area contributed by atoms with E-state index in [2.05, 4.69) is 38.1 Å². The molecule has 0 radical (unpaired) electrons. The van der Waals surface area contributed by atoms with Crippen LogP contribution in [0.25, 0.3) is 6.08 Å². The molecular weight excluding hydrogens is 172 g/mol. The zero-order valence-electron chi connectivity index (χ0n) is 9.42. The lowest BCUT2D eigenvalue weighted by Gasteiger charge is -2.12. The molecule has 1 rings (SSSR count). The van der Waals surface area contributed by atoms with E-state index in [0.29, 0.717) is 0 Å². The van der Waals surface area contributed by atoms with E-state index in [9.17, 15) is 0 Å². The van der Waals surface area contributed by atoms with E-state index < -0.39 is 0 Å². The van der Waals surface area contributed by atoms with Gasteiger partial charge in [0.2, 0.25) is 0 Å². The maximum atomic E-state index is 5.42. The Morgan fingerprint density at radius 2 is 2.07 bits per heavy atom. The van der Waals surface area contributed by atoms with Crippen LogP contribution in [0.2, 0.25) is 0 Å². The van der Waals surface area contributed by atoms with Gasteiger partial charge in [-0.15, -0.1) is 0 Å². The van der Waals surface area contributed by atoms with E-state index in [1.165, 1.54) is 16.7 Å². The van der Waals surface area contributed by atoms with Crippen LogP contribution in [-0.4, -0.2) is 7.11 Å². The standard InChI is InChI=1S/C13H18O/c1-5-7-11-9-8-10(3)13(14-4)12(11)6-2/h5,7-9H,6H2,1-4H3/b7-5-. The summed E-state index contributed by atoms with van der Waals surface area (Å²) in [6.45, 7) is 6.27. The summed E-state index contributed by atoms with van der Waals surface area (Å²) in [6, 6.07) is 4.25. The first-order valence-corrected chi connectivity index (χ1v) is 5.03. The van der Waals surface area contributed by atoms with Gasteiger partial charge in [-0.2, -0.15) is 0 Å². The van der Waals surface area contributed by atoms with Crippen LogP contribution >= 0.6 is 0 Å². The summed E-state index contributed by atoms with van der Waals surface area (Å²) in [5.41, 5.74) is 3.76. The summed E-state index contributed by atoms with van der Waals surface area (Å²) in [5.74, 6) is 1.03. The van der Waals surface area contributed by atoms with Crippen LogP contribution in [0.3, 0.4) is 0 Å². The molecule has 0 N–H and O–H groups in total. The zero-order chi connectivity index (χ0) is 10.6. The third-order valence-electron chi connectivity index (χ3n) is 2.40. The molecule has 76 valence electrons. The van der Waals surface area contributed by atoms with Crippen LogP contribution in [0.1, 0.15) is 30.5 Å². The highest BCUT2D eigenvalue weighted by atomic mass is 16.5. The molecule has 0 spiro atoms. The molecule has 0 aliphatic carbocycles. The Hall–Kier alpha value is -1.24. The Balaban J connectivity index is 3.32. The van der Waals surface area contributed by atoms with Gasteiger partial charge in [0.15, 0.2) is 0 Å². The van der Waals surface area contributed by atoms with Crippen molar-refractivity contribution < 1.29 is 4.74 Å². The predicted molar refractivity (Wildman–Crippen MR) is 61.8 cm³/mol. The average molecular weight is 190 g/mol. The Morgan fingerprint density at radius 3 is 2.57 bits per heavy atom. The lowest BCUT2D eigenvalue weighted by molar-refractivity contribution is 0.407. The molecule has 0 bridgehead atoms. The fourth-order valence-corrected chi connectivity index (χ4v) is 1.74. The molecular formula is C13H18O. The highest BCUT2D eigenvalue weighted by Crippen LogP contribution is 2.27. The number of hydrogen-bond donors (Lipinski definition) is 0. The summed E-state index contributed by atoms with van der Waals surface area (Å²) in [5, 5.41) is 0. The molecule has 0 unspecified atom stereocenters. The summed E-state index contributed by atoms with van der Waals surface area (Å²) in [4.78, 5) is 0. The van der Waals surface area contributed by atoms with Gasteiger partial charge in [-0.3, -0.25) is 0 Å². The van der Waals surface area contributed by atoms with E-state index >= 15 is 0 Å². The quantitative estimate of drug-likeness (QED) is 0.707. The molecule has 1 aromatic carbocycles. The predicted octanol–water partition coefficient (Wildman–Crippen LogP) is 3.60. The van der Waals surface area contributed by atoms with Crippen molar-refractivity contribution >= 4 is 6.08 Å². The van der Waals surface area contributed by atoms with Gasteiger partial charge in [0.25, 0.3) is 0 Å². The number of ether oxygens (including phenoxy) is 1. The van der Waals surface area contributed by atoms with Crippen LogP contribution in [-0.2, 0) is 6.42 Å². The monoisotopic (exact) mass is 190 g/mol. The topological polar surface area (TPSA) is 9.23 Å². The number of benzene rings is 1. The molecule has 0 aliphatic heterocycles. The number of methoxy groups -OCH3 is 1. The van der Waals surface area contributed by atoms with Gasteiger partial charge in [0.05, 0.1) is 7.11 Å². The first kappa shape index (κ1) is 10.8. The summed E-state index contributed by atoms with van der Waals surface area (Å²) >= 11 is 0. The van der Waals surface area contributed by atoms with Crippen molar-refractivity contribution in [2.24, 2.45) is 0 Å². The molecule has 0 amide bonds. The van der Waals surface area contributed by atoms with Crippen LogP contribution in [0.5, 0.6) is 5.75 Å². The molecule has 0 saturated heterocycles. The molecule has 0 saturated carbocycles. The minimum absolute atomic E-state index is 1.00. The van der Waals surface area contributed by atoms with Crippen molar-refractivity contribution in [2.45, 2.75) is 27.2 Å². The van der Waals surface area contributed by atoms with Crippen molar-refractivity contribution in [1.82, 2.24) is 0 Å². The van der Waals surface area contributed by atoms with Crippen LogP contribution in [0.15, 0.2) is 18.2 Å². The third-order valence-corrected chi connectivity index (χ3v) is 2.40. The van der Waals surface area contributed by atoms with E-state index in [-0.39, 0.29) is 0 Å². The van der Waals surface area contributed by atoms with Gasteiger partial charge in [0.1, 0.15) is 5.75 Å². The van der Waals surface area contributed by atoms with Gasteiger partial charge < -0.3 is 4.74 Å². The van der Waals surface area contributed by atoms with Gasteiger partial charge >= 0.3 is 0 Å². The number of rotatable bonds is 3. The van der Waals surface area contributed by atoms with Crippen LogP contribution in [0, 0.1) is 6.92 Å². The second-order valence-corrected chi connectivity index (χ2v) is 3.34. The van der Waals surface area contributed by atoms with Crippen molar-refractivity contribution in [3.63, 3.8) is 0 Å².